The summed E-state index contributed by atoms with van der Waals surface area (Å²) in [6, 6.07) is 17.7. The molecule has 0 saturated carbocycles. The molecule has 0 aromatic heterocycles. The van der Waals surface area contributed by atoms with Crippen LogP contribution >= 0.6 is 15.9 Å². The molecule has 110 valence electrons. The van der Waals surface area contributed by atoms with E-state index in [1.165, 1.54) is 21.3 Å². The normalized spacial score (nSPS) is 18.8. The lowest BCUT2D eigenvalue weighted by molar-refractivity contribution is 0.454. The molecular weight excluding hydrogens is 324 g/mol. The first kappa shape index (κ1) is 14.6. The maximum absolute atomic E-state index is 3.74. The fraction of sp³-hybridized carbons (Fsp3) is 0.333. The number of piperazine rings is 1. The highest BCUT2D eigenvalue weighted by molar-refractivity contribution is 9.10. The number of nitrogens with zero attached hydrogens (tertiary/aromatic N) is 1. The Kier molecular flexibility index (Phi) is 4.61. The van der Waals surface area contributed by atoms with E-state index in [0.29, 0.717) is 6.04 Å². The summed E-state index contributed by atoms with van der Waals surface area (Å²) >= 11 is 3.74. The van der Waals surface area contributed by atoms with Crippen molar-refractivity contribution < 1.29 is 0 Å². The molecule has 0 amide bonds. The Bertz CT molecular complexity index is 597. The van der Waals surface area contributed by atoms with Gasteiger partial charge in [0.15, 0.2) is 0 Å². The van der Waals surface area contributed by atoms with Crippen LogP contribution in [0.3, 0.4) is 0 Å². The summed E-state index contributed by atoms with van der Waals surface area (Å²) in [5.41, 5.74) is 4.01. The van der Waals surface area contributed by atoms with Gasteiger partial charge in [-0.15, -0.1) is 0 Å². The summed E-state index contributed by atoms with van der Waals surface area (Å²) in [7, 11) is 0. The van der Waals surface area contributed by atoms with Gasteiger partial charge in [-0.1, -0.05) is 42.5 Å². The predicted molar refractivity (Wildman–Crippen MR) is 93.0 cm³/mol. The molecule has 1 atom stereocenters. The zero-order valence-electron chi connectivity index (χ0n) is 12.3. The standard InChI is InChI=1S/C18H21BrN2/c1-14-6-5-9-17(18(14)19)21-11-10-20-16(13-21)12-15-7-3-2-4-8-15/h2-9,16,20H,10-13H2,1H3. The van der Waals surface area contributed by atoms with Crippen LogP contribution in [-0.4, -0.2) is 25.7 Å². The van der Waals surface area contributed by atoms with Crippen molar-refractivity contribution in [3.8, 4) is 0 Å². The lowest BCUT2D eigenvalue weighted by Gasteiger charge is -2.36. The SMILES string of the molecule is Cc1cccc(N2CCNC(Cc3ccccc3)C2)c1Br. The molecule has 1 heterocycles. The zero-order valence-corrected chi connectivity index (χ0v) is 13.9. The fourth-order valence-electron chi connectivity index (χ4n) is 2.96. The van der Waals surface area contributed by atoms with Crippen molar-refractivity contribution >= 4 is 21.6 Å². The molecule has 21 heavy (non-hydrogen) atoms. The van der Waals surface area contributed by atoms with Crippen LogP contribution in [-0.2, 0) is 6.42 Å². The maximum atomic E-state index is 3.74. The molecule has 1 aliphatic rings. The predicted octanol–water partition coefficient (Wildman–Crippen LogP) is 3.78. The summed E-state index contributed by atoms with van der Waals surface area (Å²) in [5.74, 6) is 0. The van der Waals surface area contributed by atoms with E-state index in [-0.39, 0.29) is 0 Å². The van der Waals surface area contributed by atoms with Crippen molar-refractivity contribution in [3.05, 3.63) is 64.1 Å². The van der Waals surface area contributed by atoms with Gasteiger partial charge in [0.25, 0.3) is 0 Å². The van der Waals surface area contributed by atoms with Crippen LogP contribution in [0.15, 0.2) is 53.0 Å². The highest BCUT2D eigenvalue weighted by Crippen LogP contribution is 2.30. The Labute approximate surface area is 135 Å². The Hall–Kier alpha value is -1.32. The van der Waals surface area contributed by atoms with E-state index in [1.807, 2.05) is 0 Å². The monoisotopic (exact) mass is 344 g/mol. The second kappa shape index (κ2) is 6.63. The van der Waals surface area contributed by atoms with Crippen LogP contribution in [0.2, 0.25) is 0 Å². The topological polar surface area (TPSA) is 15.3 Å². The summed E-state index contributed by atoms with van der Waals surface area (Å²) in [6.07, 6.45) is 1.08. The Morgan fingerprint density at radius 1 is 1.14 bits per heavy atom. The van der Waals surface area contributed by atoms with E-state index in [0.717, 1.165) is 26.1 Å². The lowest BCUT2D eigenvalue weighted by Crippen LogP contribution is -2.51. The molecule has 1 N–H and O–H groups in total. The molecular formula is C18H21BrN2. The summed E-state index contributed by atoms with van der Waals surface area (Å²) in [6.45, 7) is 5.30. The van der Waals surface area contributed by atoms with E-state index in [2.05, 4.69) is 81.6 Å². The minimum atomic E-state index is 0.508. The highest BCUT2D eigenvalue weighted by atomic mass is 79.9. The molecule has 1 saturated heterocycles. The van der Waals surface area contributed by atoms with Gasteiger partial charge >= 0.3 is 0 Å². The summed E-state index contributed by atoms with van der Waals surface area (Å²) in [4.78, 5) is 2.49. The van der Waals surface area contributed by atoms with E-state index in [9.17, 15) is 0 Å². The van der Waals surface area contributed by atoms with Gasteiger partial charge in [0.05, 0.1) is 5.69 Å². The maximum Gasteiger partial charge on any atom is 0.0514 e. The van der Waals surface area contributed by atoms with Gasteiger partial charge in [-0.05, 0) is 46.5 Å². The van der Waals surface area contributed by atoms with Gasteiger partial charge in [-0.25, -0.2) is 0 Å². The fourth-order valence-corrected chi connectivity index (χ4v) is 3.47. The van der Waals surface area contributed by atoms with Gasteiger partial charge in [-0.3, -0.25) is 0 Å². The molecule has 0 spiro atoms. The average Bonchev–Trinajstić information content (AvgIpc) is 2.51. The van der Waals surface area contributed by atoms with Crippen molar-refractivity contribution in [2.24, 2.45) is 0 Å². The first-order valence-electron chi connectivity index (χ1n) is 7.51. The molecule has 0 bridgehead atoms. The number of halogens is 1. The van der Waals surface area contributed by atoms with Crippen LogP contribution in [0, 0.1) is 6.92 Å². The number of benzene rings is 2. The molecule has 0 aliphatic carbocycles. The van der Waals surface area contributed by atoms with Crippen LogP contribution in [0.5, 0.6) is 0 Å². The van der Waals surface area contributed by atoms with Crippen molar-refractivity contribution in [1.82, 2.24) is 5.32 Å². The smallest absolute Gasteiger partial charge is 0.0514 e. The van der Waals surface area contributed by atoms with E-state index in [4.69, 9.17) is 0 Å². The van der Waals surface area contributed by atoms with Crippen molar-refractivity contribution in [2.75, 3.05) is 24.5 Å². The van der Waals surface area contributed by atoms with Gasteiger partial charge in [0.2, 0.25) is 0 Å². The van der Waals surface area contributed by atoms with Crippen LogP contribution in [0.1, 0.15) is 11.1 Å². The first-order chi connectivity index (χ1) is 10.2. The number of hydrogen-bond acceptors (Lipinski definition) is 2. The second-order valence-electron chi connectivity index (χ2n) is 5.69. The minimum absolute atomic E-state index is 0.508. The number of hydrogen-bond donors (Lipinski definition) is 1. The summed E-state index contributed by atoms with van der Waals surface area (Å²) < 4.78 is 1.23. The molecule has 0 radical (unpaired) electrons. The Morgan fingerprint density at radius 3 is 2.76 bits per heavy atom. The molecule has 2 nitrogen and oxygen atoms in total. The quantitative estimate of drug-likeness (QED) is 0.911. The Morgan fingerprint density at radius 2 is 1.95 bits per heavy atom. The largest absolute Gasteiger partial charge is 0.368 e. The third kappa shape index (κ3) is 3.47. The zero-order chi connectivity index (χ0) is 14.7. The molecule has 2 aromatic rings. The second-order valence-corrected chi connectivity index (χ2v) is 6.49. The number of anilines is 1. The number of nitrogens with one attached hydrogen (secondary N) is 1. The Balaban J connectivity index is 1.72. The number of rotatable bonds is 3. The molecule has 1 fully saturated rings. The highest BCUT2D eigenvalue weighted by Gasteiger charge is 2.21. The van der Waals surface area contributed by atoms with E-state index >= 15 is 0 Å². The molecule has 2 aromatic carbocycles. The molecule has 3 rings (SSSR count). The number of aryl methyl sites for hydroxylation is 1. The van der Waals surface area contributed by atoms with Crippen LogP contribution in [0.25, 0.3) is 0 Å². The third-order valence-corrected chi connectivity index (χ3v) is 5.12. The average molecular weight is 345 g/mol. The molecule has 1 aliphatic heterocycles. The summed E-state index contributed by atoms with van der Waals surface area (Å²) in [5, 5.41) is 3.64. The van der Waals surface area contributed by atoms with E-state index in [1.54, 1.807) is 0 Å². The van der Waals surface area contributed by atoms with E-state index < -0.39 is 0 Å². The van der Waals surface area contributed by atoms with Crippen LogP contribution < -0.4 is 10.2 Å². The van der Waals surface area contributed by atoms with Gasteiger partial charge in [0.1, 0.15) is 0 Å². The molecule has 1 unspecified atom stereocenters. The van der Waals surface area contributed by atoms with Gasteiger partial charge in [0, 0.05) is 30.1 Å². The lowest BCUT2D eigenvalue weighted by atomic mass is 10.0. The third-order valence-electron chi connectivity index (χ3n) is 4.09. The van der Waals surface area contributed by atoms with Crippen LogP contribution in [0.4, 0.5) is 5.69 Å². The van der Waals surface area contributed by atoms with Gasteiger partial charge in [-0.2, -0.15) is 0 Å². The van der Waals surface area contributed by atoms with Crippen molar-refractivity contribution in [2.45, 2.75) is 19.4 Å². The molecule has 3 heteroatoms. The first-order valence-corrected chi connectivity index (χ1v) is 8.31. The van der Waals surface area contributed by atoms with Gasteiger partial charge < -0.3 is 10.2 Å². The minimum Gasteiger partial charge on any atom is -0.368 e. The van der Waals surface area contributed by atoms with Crippen molar-refractivity contribution in [1.29, 1.82) is 0 Å². The van der Waals surface area contributed by atoms with Crippen molar-refractivity contribution in [3.63, 3.8) is 0 Å².